The van der Waals surface area contributed by atoms with Gasteiger partial charge in [0.25, 0.3) is 0 Å². The summed E-state index contributed by atoms with van der Waals surface area (Å²) in [6, 6.07) is 0. The van der Waals surface area contributed by atoms with E-state index in [1.54, 1.807) is 0 Å². The first-order valence-electron chi connectivity index (χ1n) is 1.98. The highest BCUT2D eigenvalue weighted by Gasteiger charge is 2.04. The maximum atomic E-state index is 3.40. The lowest BCUT2D eigenvalue weighted by Gasteiger charge is -1.91. The fourth-order valence-corrected chi connectivity index (χ4v) is 1.06. The summed E-state index contributed by atoms with van der Waals surface area (Å²) in [5.74, 6) is 0. The molecule has 1 aliphatic carbocycles. The van der Waals surface area contributed by atoms with Crippen LogP contribution in [0.5, 0.6) is 0 Å². The van der Waals surface area contributed by atoms with Crippen molar-refractivity contribution >= 4 is 31.9 Å². The van der Waals surface area contributed by atoms with E-state index in [4.69, 9.17) is 0 Å². The van der Waals surface area contributed by atoms with Gasteiger partial charge in [0.1, 0.15) is 0 Å². The molecule has 1 rings (SSSR count). The van der Waals surface area contributed by atoms with Crippen molar-refractivity contribution in [1.82, 2.24) is 0 Å². The van der Waals surface area contributed by atoms with Crippen LogP contribution in [-0.4, -0.2) is 4.83 Å². The molecule has 0 radical (unpaired) electrons. The van der Waals surface area contributed by atoms with Crippen LogP contribution in [0.25, 0.3) is 0 Å². The molecule has 7 heavy (non-hydrogen) atoms. The second kappa shape index (κ2) is 2.14. The molecular weight excluding hydrogens is 220 g/mol. The lowest BCUT2D eigenvalue weighted by Crippen LogP contribution is -1.83. The van der Waals surface area contributed by atoms with Gasteiger partial charge in [-0.25, -0.2) is 0 Å². The Morgan fingerprint density at radius 2 is 2.29 bits per heavy atom. The SMILES string of the molecule is BrC1=CC=CC1Br. The maximum absolute atomic E-state index is 3.40. The molecule has 1 aliphatic rings. The first-order valence-corrected chi connectivity index (χ1v) is 3.69. The van der Waals surface area contributed by atoms with E-state index in [1.165, 1.54) is 4.48 Å². The minimum Gasteiger partial charge on any atom is -0.0787 e. The molecule has 0 saturated heterocycles. The number of halogens is 2. The van der Waals surface area contributed by atoms with Gasteiger partial charge < -0.3 is 0 Å². The monoisotopic (exact) mass is 222 g/mol. The van der Waals surface area contributed by atoms with Gasteiger partial charge in [0.15, 0.2) is 0 Å². The van der Waals surface area contributed by atoms with Crippen LogP contribution in [0.15, 0.2) is 22.7 Å². The average Bonchev–Trinajstić information content (AvgIpc) is 1.91. The number of allylic oxidation sites excluding steroid dienone is 4. The molecule has 1 unspecified atom stereocenters. The Hall–Kier alpha value is 0.440. The lowest BCUT2D eigenvalue weighted by molar-refractivity contribution is 1.48. The molecule has 1 atom stereocenters. The Labute approximate surface area is 59.5 Å². The molecule has 0 spiro atoms. The van der Waals surface area contributed by atoms with Gasteiger partial charge in [0, 0.05) is 4.48 Å². The minimum atomic E-state index is 0.424. The summed E-state index contributed by atoms with van der Waals surface area (Å²) in [5, 5.41) is 0. The van der Waals surface area contributed by atoms with E-state index >= 15 is 0 Å². The Balaban J connectivity index is 2.69. The molecule has 0 aromatic carbocycles. The zero-order valence-electron chi connectivity index (χ0n) is 3.57. The van der Waals surface area contributed by atoms with E-state index in [9.17, 15) is 0 Å². The molecule has 0 aliphatic heterocycles. The average molecular weight is 224 g/mol. The van der Waals surface area contributed by atoms with E-state index in [-0.39, 0.29) is 0 Å². The highest BCUT2D eigenvalue weighted by Crippen LogP contribution is 2.23. The van der Waals surface area contributed by atoms with Crippen molar-refractivity contribution in [3.05, 3.63) is 22.7 Å². The zero-order chi connectivity index (χ0) is 5.28. The largest absolute Gasteiger partial charge is 0.0787 e. The van der Waals surface area contributed by atoms with Gasteiger partial charge in [-0.3, -0.25) is 0 Å². The summed E-state index contributed by atoms with van der Waals surface area (Å²) in [5.41, 5.74) is 0. The number of hydrogen-bond donors (Lipinski definition) is 0. The molecule has 0 fully saturated rings. The third-order valence-electron chi connectivity index (χ3n) is 0.799. The molecule has 2 heteroatoms. The fourth-order valence-electron chi connectivity index (χ4n) is 0.429. The number of alkyl halides is 1. The molecule has 0 amide bonds. The van der Waals surface area contributed by atoms with Crippen molar-refractivity contribution in [3.63, 3.8) is 0 Å². The highest BCUT2D eigenvalue weighted by molar-refractivity contribution is 9.14. The molecule has 0 N–H and O–H groups in total. The molecule has 0 bridgehead atoms. The van der Waals surface area contributed by atoms with Crippen molar-refractivity contribution in [2.45, 2.75) is 4.83 Å². The second-order valence-corrected chi connectivity index (χ2v) is 3.24. The standard InChI is InChI=1S/C5H4Br2/c6-4-2-1-3-5(4)7/h1-4H. The smallest absolute Gasteiger partial charge is 0.0644 e. The van der Waals surface area contributed by atoms with Gasteiger partial charge >= 0.3 is 0 Å². The minimum absolute atomic E-state index is 0.424. The first kappa shape index (κ1) is 5.57. The van der Waals surface area contributed by atoms with Gasteiger partial charge in [-0.2, -0.15) is 0 Å². The Kier molecular flexibility index (Phi) is 1.70. The molecule has 0 aromatic heterocycles. The highest BCUT2D eigenvalue weighted by atomic mass is 79.9. The van der Waals surface area contributed by atoms with Crippen LogP contribution in [0.4, 0.5) is 0 Å². The van der Waals surface area contributed by atoms with E-state index < -0.39 is 0 Å². The molecule has 0 aromatic rings. The van der Waals surface area contributed by atoms with E-state index in [0.717, 1.165) is 0 Å². The summed E-state index contributed by atoms with van der Waals surface area (Å²) in [7, 11) is 0. The lowest BCUT2D eigenvalue weighted by atomic mass is 10.5. The Morgan fingerprint density at radius 1 is 1.57 bits per heavy atom. The zero-order valence-corrected chi connectivity index (χ0v) is 6.74. The molecular formula is C5H4Br2. The van der Waals surface area contributed by atoms with E-state index in [0.29, 0.717) is 4.83 Å². The third-order valence-corrected chi connectivity index (χ3v) is 2.97. The van der Waals surface area contributed by atoms with Gasteiger partial charge in [-0.1, -0.05) is 50.1 Å². The maximum Gasteiger partial charge on any atom is 0.0644 e. The van der Waals surface area contributed by atoms with Crippen molar-refractivity contribution in [2.75, 3.05) is 0 Å². The van der Waals surface area contributed by atoms with Crippen molar-refractivity contribution < 1.29 is 0 Å². The van der Waals surface area contributed by atoms with E-state index in [2.05, 4.69) is 37.9 Å². The van der Waals surface area contributed by atoms with Gasteiger partial charge in [0.05, 0.1) is 4.83 Å². The summed E-state index contributed by atoms with van der Waals surface area (Å²) in [6.45, 7) is 0. The van der Waals surface area contributed by atoms with Crippen molar-refractivity contribution in [1.29, 1.82) is 0 Å². The van der Waals surface area contributed by atoms with Gasteiger partial charge in [-0.15, -0.1) is 0 Å². The third kappa shape index (κ3) is 1.16. The van der Waals surface area contributed by atoms with Crippen LogP contribution in [0.3, 0.4) is 0 Å². The van der Waals surface area contributed by atoms with Crippen molar-refractivity contribution in [2.24, 2.45) is 0 Å². The summed E-state index contributed by atoms with van der Waals surface area (Å²) >= 11 is 6.76. The van der Waals surface area contributed by atoms with Crippen LogP contribution in [0.1, 0.15) is 0 Å². The predicted octanol–water partition coefficient (Wildman–Crippen LogP) is 2.60. The number of rotatable bonds is 0. The summed E-state index contributed by atoms with van der Waals surface area (Å²) < 4.78 is 1.20. The molecule has 0 saturated carbocycles. The topological polar surface area (TPSA) is 0 Å². The molecule has 0 nitrogen and oxygen atoms in total. The Bertz CT molecular complexity index is 124. The number of hydrogen-bond acceptors (Lipinski definition) is 0. The summed E-state index contributed by atoms with van der Waals surface area (Å²) in [4.78, 5) is 0.424. The summed E-state index contributed by atoms with van der Waals surface area (Å²) in [6.07, 6.45) is 6.12. The van der Waals surface area contributed by atoms with Crippen LogP contribution in [0, 0.1) is 0 Å². The van der Waals surface area contributed by atoms with E-state index in [1.807, 2.05) is 12.2 Å². The van der Waals surface area contributed by atoms with Gasteiger partial charge in [-0.05, 0) is 0 Å². The van der Waals surface area contributed by atoms with Gasteiger partial charge in [0.2, 0.25) is 0 Å². The predicted molar refractivity (Wildman–Crippen MR) is 38.9 cm³/mol. The van der Waals surface area contributed by atoms with Crippen LogP contribution >= 0.6 is 31.9 Å². The second-order valence-electron chi connectivity index (χ2n) is 1.34. The van der Waals surface area contributed by atoms with Crippen LogP contribution in [-0.2, 0) is 0 Å². The Morgan fingerprint density at radius 3 is 2.43 bits per heavy atom. The first-order chi connectivity index (χ1) is 3.30. The molecule has 0 heterocycles. The van der Waals surface area contributed by atoms with Crippen molar-refractivity contribution in [3.8, 4) is 0 Å². The molecule has 38 valence electrons. The normalized spacial score (nSPS) is 28.3. The fraction of sp³-hybridized carbons (Fsp3) is 0.200. The quantitative estimate of drug-likeness (QED) is 0.554. The van der Waals surface area contributed by atoms with Crippen LogP contribution < -0.4 is 0 Å². The van der Waals surface area contributed by atoms with Crippen LogP contribution in [0.2, 0.25) is 0 Å².